The lowest BCUT2D eigenvalue weighted by Crippen LogP contribution is -2.03. The maximum atomic E-state index is 13.5. The SMILES string of the molecule is COc1cc(F)c(O)c(C(C)CC=O)c1OC. The number of carbonyl (C=O) groups is 1. The molecule has 17 heavy (non-hydrogen) atoms. The molecule has 0 bridgehead atoms. The lowest BCUT2D eigenvalue weighted by atomic mass is 9.95. The number of hydrogen-bond acceptors (Lipinski definition) is 4. The van der Waals surface area contributed by atoms with Gasteiger partial charge in [0.1, 0.15) is 6.29 Å². The van der Waals surface area contributed by atoms with Gasteiger partial charge in [-0.25, -0.2) is 4.39 Å². The van der Waals surface area contributed by atoms with E-state index in [-0.39, 0.29) is 29.4 Å². The van der Waals surface area contributed by atoms with E-state index in [0.29, 0.717) is 6.29 Å². The van der Waals surface area contributed by atoms with Crippen LogP contribution in [0, 0.1) is 5.82 Å². The zero-order valence-electron chi connectivity index (χ0n) is 9.99. The third-order valence-corrected chi connectivity index (χ3v) is 2.57. The van der Waals surface area contributed by atoms with Gasteiger partial charge < -0.3 is 19.4 Å². The Morgan fingerprint density at radius 1 is 1.47 bits per heavy atom. The molecule has 0 fully saturated rings. The Morgan fingerprint density at radius 3 is 2.59 bits per heavy atom. The van der Waals surface area contributed by atoms with Gasteiger partial charge in [0.05, 0.1) is 14.2 Å². The minimum Gasteiger partial charge on any atom is -0.505 e. The second-order valence-electron chi connectivity index (χ2n) is 3.66. The molecule has 0 aliphatic rings. The largest absolute Gasteiger partial charge is 0.505 e. The molecule has 0 spiro atoms. The molecule has 4 nitrogen and oxygen atoms in total. The van der Waals surface area contributed by atoms with E-state index in [1.807, 2.05) is 0 Å². The Labute approximate surface area is 99.0 Å². The van der Waals surface area contributed by atoms with Crippen LogP contribution in [0.15, 0.2) is 6.07 Å². The number of methoxy groups -OCH3 is 2. The van der Waals surface area contributed by atoms with Crippen molar-refractivity contribution in [1.82, 2.24) is 0 Å². The zero-order valence-corrected chi connectivity index (χ0v) is 9.99. The van der Waals surface area contributed by atoms with Crippen molar-refractivity contribution in [2.75, 3.05) is 14.2 Å². The van der Waals surface area contributed by atoms with Crippen molar-refractivity contribution < 1.29 is 23.8 Å². The van der Waals surface area contributed by atoms with E-state index in [0.717, 1.165) is 6.07 Å². The fourth-order valence-corrected chi connectivity index (χ4v) is 1.70. The first-order valence-electron chi connectivity index (χ1n) is 5.13. The Balaban J connectivity index is 3.42. The number of benzene rings is 1. The van der Waals surface area contributed by atoms with Crippen LogP contribution in [-0.2, 0) is 4.79 Å². The summed E-state index contributed by atoms with van der Waals surface area (Å²) in [6, 6.07) is 1.05. The van der Waals surface area contributed by atoms with Crippen molar-refractivity contribution >= 4 is 6.29 Å². The highest BCUT2D eigenvalue weighted by molar-refractivity contribution is 5.59. The Kier molecular flexibility index (Phi) is 4.31. The molecule has 1 aromatic rings. The first kappa shape index (κ1) is 13.3. The summed E-state index contributed by atoms with van der Waals surface area (Å²) in [6.45, 7) is 1.70. The average Bonchev–Trinajstić information content (AvgIpc) is 2.31. The number of carbonyl (C=O) groups excluding carboxylic acids is 1. The highest BCUT2D eigenvalue weighted by Gasteiger charge is 2.23. The summed E-state index contributed by atoms with van der Waals surface area (Å²) in [5, 5.41) is 9.70. The predicted molar refractivity (Wildman–Crippen MR) is 60.3 cm³/mol. The average molecular weight is 242 g/mol. The molecule has 0 heterocycles. The summed E-state index contributed by atoms with van der Waals surface area (Å²) in [7, 11) is 2.77. The zero-order chi connectivity index (χ0) is 13.0. The lowest BCUT2D eigenvalue weighted by molar-refractivity contribution is -0.108. The highest BCUT2D eigenvalue weighted by atomic mass is 19.1. The van der Waals surface area contributed by atoms with Gasteiger partial charge in [-0.15, -0.1) is 0 Å². The number of halogens is 1. The van der Waals surface area contributed by atoms with Crippen molar-refractivity contribution in [3.05, 3.63) is 17.4 Å². The molecule has 1 aromatic carbocycles. The van der Waals surface area contributed by atoms with Crippen molar-refractivity contribution in [1.29, 1.82) is 0 Å². The van der Waals surface area contributed by atoms with Crippen LogP contribution in [0.1, 0.15) is 24.8 Å². The number of phenols is 1. The monoisotopic (exact) mass is 242 g/mol. The molecule has 0 amide bonds. The molecule has 0 aromatic heterocycles. The van der Waals surface area contributed by atoms with Crippen molar-refractivity contribution in [3.63, 3.8) is 0 Å². The van der Waals surface area contributed by atoms with Gasteiger partial charge in [-0.1, -0.05) is 6.92 Å². The molecular formula is C12H15FO4. The van der Waals surface area contributed by atoms with E-state index in [2.05, 4.69) is 0 Å². The number of phenolic OH excluding ortho intramolecular Hbond substituents is 1. The summed E-state index contributed by atoms with van der Waals surface area (Å²) in [5.74, 6) is -1.21. The normalized spacial score (nSPS) is 12.0. The maximum Gasteiger partial charge on any atom is 0.169 e. The summed E-state index contributed by atoms with van der Waals surface area (Å²) in [5.41, 5.74) is 0.247. The Morgan fingerprint density at radius 2 is 2.12 bits per heavy atom. The third kappa shape index (κ3) is 2.49. The van der Waals surface area contributed by atoms with E-state index in [4.69, 9.17) is 9.47 Å². The summed E-state index contributed by atoms with van der Waals surface area (Å²) in [4.78, 5) is 10.5. The Hall–Kier alpha value is -1.78. The second-order valence-corrected chi connectivity index (χ2v) is 3.66. The highest BCUT2D eigenvalue weighted by Crippen LogP contribution is 2.43. The predicted octanol–water partition coefficient (Wildman–Crippen LogP) is 2.24. The smallest absolute Gasteiger partial charge is 0.169 e. The Bertz CT molecular complexity index is 417. The molecule has 1 rings (SSSR count). The molecule has 0 saturated carbocycles. The molecule has 94 valence electrons. The van der Waals surface area contributed by atoms with Gasteiger partial charge in [0.2, 0.25) is 0 Å². The molecule has 0 radical (unpaired) electrons. The number of hydrogen-bond donors (Lipinski definition) is 1. The number of aromatic hydroxyl groups is 1. The molecule has 1 atom stereocenters. The fourth-order valence-electron chi connectivity index (χ4n) is 1.70. The molecule has 5 heteroatoms. The van der Waals surface area contributed by atoms with Gasteiger partial charge in [-0.2, -0.15) is 0 Å². The third-order valence-electron chi connectivity index (χ3n) is 2.57. The minimum atomic E-state index is -0.796. The molecule has 0 aliphatic heterocycles. The van der Waals surface area contributed by atoms with Gasteiger partial charge in [0.15, 0.2) is 23.1 Å². The molecule has 0 aliphatic carbocycles. The van der Waals surface area contributed by atoms with Crippen LogP contribution in [0.5, 0.6) is 17.2 Å². The topological polar surface area (TPSA) is 55.8 Å². The second kappa shape index (κ2) is 5.52. The van der Waals surface area contributed by atoms with Gasteiger partial charge in [0.25, 0.3) is 0 Å². The van der Waals surface area contributed by atoms with Crippen molar-refractivity contribution in [2.24, 2.45) is 0 Å². The number of ether oxygens (including phenoxy) is 2. The quantitative estimate of drug-likeness (QED) is 0.804. The fraction of sp³-hybridized carbons (Fsp3) is 0.417. The van der Waals surface area contributed by atoms with E-state index in [9.17, 15) is 14.3 Å². The van der Waals surface area contributed by atoms with E-state index in [1.54, 1.807) is 6.92 Å². The molecule has 1 N–H and O–H groups in total. The van der Waals surface area contributed by atoms with E-state index < -0.39 is 11.6 Å². The first-order valence-corrected chi connectivity index (χ1v) is 5.13. The van der Waals surface area contributed by atoms with E-state index >= 15 is 0 Å². The van der Waals surface area contributed by atoms with E-state index in [1.165, 1.54) is 14.2 Å². The van der Waals surface area contributed by atoms with Gasteiger partial charge in [-0.05, 0) is 5.92 Å². The summed E-state index contributed by atoms with van der Waals surface area (Å²) < 4.78 is 23.5. The molecule has 0 saturated heterocycles. The molecule has 1 unspecified atom stereocenters. The van der Waals surface area contributed by atoms with Crippen LogP contribution in [0.3, 0.4) is 0 Å². The standard InChI is InChI=1S/C12H15FO4/c1-7(4-5-14)10-11(15)8(13)6-9(16-2)12(10)17-3/h5-7,15H,4H2,1-3H3. The van der Waals surface area contributed by atoms with Crippen LogP contribution in [0.4, 0.5) is 4.39 Å². The van der Waals surface area contributed by atoms with Gasteiger partial charge in [-0.3, -0.25) is 0 Å². The van der Waals surface area contributed by atoms with Crippen molar-refractivity contribution in [2.45, 2.75) is 19.3 Å². The first-order chi connectivity index (χ1) is 8.06. The number of rotatable bonds is 5. The van der Waals surface area contributed by atoms with Crippen molar-refractivity contribution in [3.8, 4) is 17.2 Å². The van der Waals surface area contributed by atoms with Gasteiger partial charge >= 0.3 is 0 Å². The van der Waals surface area contributed by atoms with Gasteiger partial charge in [0, 0.05) is 18.1 Å². The number of aldehydes is 1. The van der Waals surface area contributed by atoms with Crippen LogP contribution < -0.4 is 9.47 Å². The van der Waals surface area contributed by atoms with Crippen LogP contribution in [0.2, 0.25) is 0 Å². The summed E-state index contributed by atoms with van der Waals surface area (Å²) in [6.07, 6.45) is 0.872. The minimum absolute atomic E-state index is 0.163. The molecular weight excluding hydrogens is 227 g/mol. The maximum absolute atomic E-state index is 13.5. The summed E-state index contributed by atoms with van der Waals surface area (Å²) >= 11 is 0. The lowest BCUT2D eigenvalue weighted by Gasteiger charge is -2.18. The van der Waals surface area contributed by atoms with Crippen LogP contribution >= 0.6 is 0 Å². The van der Waals surface area contributed by atoms with Crippen LogP contribution in [-0.4, -0.2) is 25.6 Å². The van der Waals surface area contributed by atoms with Crippen LogP contribution in [0.25, 0.3) is 0 Å².